The second kappa shape index (κ2) is 6.07. The van der Waals surface area contributed by atoms with Crippen LogP contribution in [0.1, 0.15) is 38.3 Å². The molecule has 94 valence electrons. The maximum Gasteiger partial charge on any atom is 0.115 e. The van der Waals surface area contributed by atoms with E-state index in [-0.39, 0.29) is 0 Å². The second-order valence-corrected chi connectivity index (χ2v) is 4.83. The second-order valence-electron chi connectivity index (χ2n) is 4.83. The Morgan fingerprint density at radius 1 is 1.35 bits per heavy atom. The summed E-state index contributed by atoms with van der Waals surface area (Å²) in [6, 6.07) is 3.09. The largest absolute Gasteiger partial charge is 0.328 e. The molecular formula is C13H22N4. The van der Waals surface area contributed by atoms with Crippen molar-refractivity contribution in [3.05, 3.63) is 24.3 Å². The van der Waals surface area contributed by atoms with Gasteiger partial charge in [-0.2, -0.15) is 0 Å². The average Bonchev–Trinajstić information content (AvgIpc) is 2.38. The highest BCUT2D eigenvalue weighted by atomic mass is 15.2. The lowest BCUT2D eigenvalue weighted by molar-refractivity contribution is 0.147. The Labute approximate surface area is 103 Å². The first-order chi connectivity index (χ1) is 8.29. The van der Waals surface area contributed by atoms with Gasteiger partial charge in [0.1, 0.15) is 6.33 Å². The van der Waals surface area contributed by atoms with E-state index in [1.54, 1.807) is 6.33 Å². The molecule has 0 bridgehead atoms. The van der Waals surface area contributed by atoms with Crippen molar-refractivity contribution in [1.82, 2.24) is 14.9 Å². The molecule has 1 aliphatic carbocycles. The van der Waals surface area contributed by atoms with E-state index < -0.39 is 0 Å². The molecule has 1 fully saturated rings. The van der Waals surface area contributed by atoms with Gasteiger partial charge in [0.2, 0.25) is 0 Å². The molecule has 17 heavy (non-hydrogen) atoms. The van der Waals surface area contributed by atoms with Gasteiger partial charge in [-0.25, -0.2) is 9.97 Å². The van der Waals surface area contributed by atoms with E-state index in [9.17, 15) is 0 Å². The molecule has 1 heterocycles. The molecule has 1 aromatic rings. The highest BCUT2D eigenvalue weighted by Gasteiger charge is 2.23. The monoisotopic (exact) mass is 234 g/mol. The Kier molecular flexibility index (Phi) is 4.45. The van der Waals surface area contributed by atoms with E-state index in [4.69, 9.17) is 5.73 Å². The van der Waals surface area contributed by atoms with Crippen molar-refractivity contribution in [3.63, 3.8) is 0 Å². The molecule has 1 aliphatic rings. The topological polar surface area (TPSA) is 55.0 Å². The van der Waals surface area contributed by atoms with Crippen molar-refractivity contribution in [3.8, 4) is 0 Å². The van der Waals surface area contributed by atoms with Crippen LogP contribution in [0.25, 0.3) is 0 Å². The SMILES string of the molecule is CCN(Cc1ccncn1)C1CCC(N)CC1. The van der Waals surface area contributed by atoms with Gasteiger partial charge in [0.15, 0.2) is 0 Å². The lowest BCUT2D eigenvalue weighted by Crippen LogP contribution is -2.40. The third-order valence-electron chi connectivity index (χ3n) is 3.67. The molecule has 2 N–H and O–H groups in total. The zero-order valence-corrected chi connectivity index (χ0v) is 10.5. The zero-order valence-electron chi connectivity index (χ0n) is 10.5. The fourth-order valence-electron chi connectivity index (χ4n) is 2.59. The molecule has 0 spiro atoms. The fourth-order valence-corrected chi connectivity index (χ4v) is 2.59. The van der Waals surface area contributed by atoms with E-state index in [0.717, 1.165) is 31.6 Å². The van der Waals surface area contributed by atoms with Crippen LogP contribution < -0.4 is 5.73 Å². The summed E-state index contributed by atoms with van der Waals surface area (Å²) in [5.41, 5.74) is 7.06. The third kappa shape index (κ3) is 3.48. The lowest BCUT2D eigenvalue weighted by atomic mass is 9.90. The normalized spacial score (nSPS) is 25.1. The van der Waals surface area contributed by atoms with Crippen LogP contribution in [0.2, 0.25) is 0 Å². The number of rotatable bonds is 4. The van der Waals surface area contributed by atoms with Crippen LogP contribution in [-0.2, 0) is 6.54 Å². The minimum atomic E-state index is 0.420. The standard InChI is InChI=1S/C13H22N4/c1-2-17(9-12-7-8-15-10-16-12)13-5-3-11(14)4-6-13/h7-8,10-11,13H,2-6,9,14H2,1H3. The van der Waals surface area contributed by atoms with Crippen molar-refractivity contribution >= 4 is 0 Å². The predicted molar refractivity (Wildman–Crippen MR) is 68.3 cm³/mol. The van der Waals surface area contributed by atoms with E-state index in [1.165, 1.54) is 12.8 Å². The molecule has 0 amide bonds. The first-order valence-electron chi connectivity index (χ1n) is 6.54. The van der Waals surface area contributed by atoms with Crippen molar-refractivity contribution < 1.29 is 0 Å². The van der Waals surface area contributed by atoms with Gasteiger partial charge in [-0.15, -0.1) is 0 Å². The van der Waals surface area contributed by atoms with Gasteiger partial charge in [-0.05, 0) is 38.3 Å². The fraction of sp³-hybridized carbons (Fsp3) is 0.692. The maximum absolute atomic E-state index is 5.95. The molecule has 0 radical (unpaired) electrons. The van der Waals surface area contributed by atoms with Crippen LogP contribution in [0.4, 0.5) is 0 Å². The quantitative estimate of drug-likeness (QED) is 0.859. The van der Waals surface area contributed by atoms with E-state index in [2.05, 4.69) is 21.8 Å². The highest BCUT2D eigenvalue weighted by molar-refractivity contribution is 4.98. The van der Waals surface area contributed by atoms with E-state index in [1.807, 2.05) is 12.3 Å². The summed E-state index contributed by atoms with van der Waals surface area (Å²) in [5, 5.41) is 0. The lowest BCUT2D eigenvalue weighted by Gasteiger charge is -2.35. The van der Waals surface area contributed by atoms with Gasteiger partial charge in [0.05, 0.1) is 5.69 Å². The first-order valence-corrected chi connectivity index (χ1v) is 6.54. The van der Waals surface area contributed by atoms with Crippen LogP contribution in [0.5, 0.6) is 0 Å². The molecule has 0 unspecified atom stereocenters. The number of nitrogens with zero attached hydrogens (tertiary/aromatic N) is 3. The van der Waals surface area contributed by atoms with Gasteiger partial charge >= 0.3 is 0 Å². The zero-order chi connectivity index (χ0) is 12.1. The Morgan fingerprint density at radius 2 is 2.12 bits per heavy atom. The van der Waals surface area contributed by atoms with Gasteiger partial charge in [0, 0.05) is 24.8 Å². The molecule has 1 saturated carbocycles. The molecular weight excluding hydrogens is 212 g/mol. The van der Waals surface area contributed by atoms with E-state index >= 15 is 0 Å². The minimum Gasteiger partial charge on any atom is -0.328 e. The predicted octanol–water partition coefficient (Wildman–Crippen LogP) is 1.57. The molecule has 2 rings (SSSR count). The highest BCUT2D eigenvalue weighted by Crippen LogP contribution is 2.22. The summed E-state index contributed by atoms with van der Waals surface area (Å²) >= 11 is 0. The van der Waals surface area contributed by atoms with Crippen LogP contribution in [-0.4, -0.2) is 33.5 Å². The third-order valence-corrected chi connectivity index (χ3v) is 3.67. The molecule has 4 heteroatoms. The maximum atomic E-state index is 5.95. The average molecular weight is 234 g/mol. The number of aromatic nitrogens is 2. The van der Waals surface area contributed by atoms with Gasteiger partial charge in [-0.1, -0.05) is 6.92 Å². The molecule has 0 saturated heterocycles. The summed E-state index contributed by atoms with van der Waals surface area (Å²) < 4.78 is 0. The Bertz CT molecular complexity index is 319. The summed E-state index contributed by atoms with van der Waals surface area (Å²) in [7, 11) is 0. The summed E-state index contributed by atoms with van der Waals surface area (Å²) in [6.07, 6.45) is 8.20. The molecule has 1 aromatic heterocycles. The van der Waals surface area contributed by atoms with Crippen molar-refractivity contribution in [2.75, 3.05) is 6.54 Å². The number of hydrogen-bond donors (Lipinski definition) is 1. The Morgan fingerprint density at radius 3 is 2.71 bits per heavy atom. The van der Waals surface area contributed by atoms with Gasteiger partial charge in [0.25, 0.3) is 0 Å². The number of hydrogen-bond acceptors (Lipinski definition) is 4. The summed E-state index contributed by atoms with van der Waals surface area (Å²) in [4.78, 5) is 10.8. The van der Waals surface area contributed by atoms with Gasteiger partial charge < -0.3 is 5.73 Å². The number of nitrogens with two attached hydrogens (primary N) is 1. The molecule has 0 atom stereocenters. The molecule has 0 aromatic carbocycles. The van der Waals surface area contributed by atoms with Crippen LogP contribution in [0, 0.1) is 0 Å². The van der Waals surface area contributed by atoms with Crippen molar-refractivity contribution in [2.45, 2.75) is 51.2 Å². The Hall–Kier alpha value is -1.00. The van der Waals surface area contributed by atoms with E-state index in [0.29, 0.717) is 12.1 Å². The van der Waals surface area contributed by atoms with Crippen LogP contribution in [0.15, 0.2) is 18.6 Å². The van der Waals surface area contributed by atoms with Crippen LogP contribution in [0.3, 0.4) is 0 Å². The molecule has 4 nitrogen and oxygen atoms in total. The summed E-state index contributed by atoms with van der Waals surface area (Å²) in [5.74, 6) is 0. The molecule has 0 aliphatic heterocycles. The van der Waals surface area contributed by atoms with Gasteiger partial charge in [-0.3, -0.25) is 4.90 Å². The Balaban J connectivity index is 1.92. The minimum absolute atomic E-state index is 0.420. The van der Waals surface area contributed by atoms with Crippen molar-refractivity contribution in [1.29, 1.82) is 0 Å². The summed E-state index contributed by atoms with van der Waals surface area (Å²) in [6.45, 7) is 4.22. The van der Waals surface area contributed by atoms with Crippen molar-refractivity contribution in [2.24, 2.45) is 5.73 Å². The van der Waals surface area contributed by atoms with Crippen LogP contribution >= 0.6 is 0 Å². The first kappa shape index (κ1) is 12.5. The smallest absolute Gasteiger partial charge is 0.115 e.